The van der Waals surface area contributed by atoms with E-state index < -0.39 is 0 Å². The molecule has 0 radical (unpaired) electrons. The summed E-state index contributed by atoms with van der Waals surface area (Å²) >= 11 is 0. The van der Waals surface area contributed by atoms with Crippen molar-refractivity contribution in [2.45, 2.75) is 20.4 Å². The molecule has 0 aliphatic carbocycles. The third-order valence-electron chi connectivity index (χ3n) is 2.69. The average molecular weight is 228 g/mol. The minimum absolute atomic E-state index is 0.317. The van der Waals surface area contributed by atoms with Gasteiger partial charge in [-0.1, -0.05) is 18.2 Å². The van der Waals surface area contributed by atoms with Crippen molar-refractivity contribution in [1.82, 2.24) is 4.98 Å². The van der Waals surface area contributed by atoms with Crippen molar-refractivity contribution in [3.8, 4) is 5.75 Å². The largest absolute Gasteiger partial charge is 0.508 e. The number of aryl methyl sites for hydroxylation is 2. The van der Waals surface area contributed by atoms with Crippen LogP contribution in [0.4, 0.5) is 5.69 Å². The molecule has 3 heteroatoms. The first-order valence-corrected chi connectivity index (χ1v) is 5.62. The zero-order valence-electron chi connectivity index (χ0n) is 10.1. The van der Waals surface area contributed by atoms with E-state index in [1.807, 2.05) is 44.2 Å². The quantitative estimate of drug-likeness (QED) is 0.848. The maximum Gasteiger partial charge on any atom is 0.120 e. The normalized spacial score (nSPS) is 10.2. The fourth-order valence-electron chi connectivity index (χ4n) is 1.72. The number of anilines is 1. The van der Waals surface area contributed by atoms with Gasteiger partial charge in [0.1, 0.15) is 5.75 Å². The molecular weight excluding hydrogens is 212 g/mol. The second kappa shape index (κ2) is 4.87. The highest BCUT2D eigenvalue weighted by molar-refractivity contribution is 5.49. The van der Waals surface area contributed by atoms with Crippen LogP contribution in [-0.2, 0) is 6.54 Å². The molecule has 0 atom stereocenters. The molecule has 3 nitrogen and oxygen atoms in total. The summed E-state index contributed by atoms with van der Waals surface area (Å²) in [5, 5.41) is 12.9. The van der Waals surface area contributed by atoms with Crippen molar-refractivity contribution < 1.29 is 5.11 Å². The second-order valence-corrected chi connectivity index (χ2v) is 4.07. The third-order valence-corrected chi connectivity index (χ3v) is 2.69. The van der Waals surface area contributed by atoms with Crippen LogP contribution in [0.25, 0.3) is 0 Å². The lowest BCUT2D eigenvalue weighted by Crippen LogP contribution is -2.02. The molecule has 0 amide bonds. The lowest BCUT2D eigenvalue weighted by Gasteiger charge is -2.10. The fraction of sp³-hybridized carbons (Fsp3) is 0.214. The molecule has 2 N–H and O–H groups in total. The van der Waals surface area contributed by atoms with E-state index in [0.717, 1.165) is 22.6 Å². The zero-order valence-corrected chi connectivity index (χ0v) is 10.1. The van der Waals surface area contributed by atoms with E-state index in [0.29, 0.717) is 12.3 Å². The van der Waals surface area contributed by atoms with Crippen molar-refractivity contribution in [3.05, 3.63) is 53.3 Å². The molecule has 0 unspecified atom stereocenters. The molecule has 0 aliphatic rings. The minimum Gasteiger partial charge on any atom is -0.508 e. The molecule has 0 bridgehead atoms. The molecule has 0 fully saturated rings. The number of phenols is 1. The third kappa shape index (κ3) is 2.75. The molecular formula is C14H16N2O. The van der Waals surface area contributed by atoms with Crippen molar-refractivity contribution in [2.75, 3.05) is 5.32 Å². The molecule has 17 heavy (non-hydrogen) atoms. The maximum atomic E-state index is 9.65. The van der Waals surface area contributed by atoms with Gasteiger partial charge in [0.25, 0.3) is 0 Å². The number of phenolic OH excluding ortho intramolecular Hbond substituents is 1. The van der Waals surface area contributed by atoms with Gasteiger partial charge in [-0.3, -0.25) is 4.98 Å². The molecule has 0 aliphatic heterocycles. The lowest BCUT2D eigenvalue weighted by atomic mass is 10.2. The zero-order chi connectivity index (χ0) is 12.3. The van der Waals surface area contributed by atoms with Crippen LogP contribution in [0.15, 0.2) is 36.4 Å². The van der Waals surface area contributed by atoms with Gasteiger partial charge in [0.15, 0.2) is 0 Å². The van der Waals surface area contributed by atoms with Crippen molar-refractivity contribution in [2.24, 2.45) is 0 Å². The molecule has 2 aromatic rings. The Hall–Kier alpha value is -2.03. The average Bonchev–Trinajstić information content (AvgIpc) is 2.30. The van der Waals surface area contributed by atoms with Gasteiger partial charge in [0, 0.05) is 17.8 Å². The van der Waals surface area contributed by atoms with E-state index in [4.69, 9.17) is 0 Å². The van der Waals surface area contributed by atoms with Crippen LogP contribution in [0.1, 0.15) is 17.0 Å². The first-order valence-electron chi connectivity index (χ1n) is 5.62. The van der Waals surface area contributed by atoms with Gasteiger partial charge in [-0.05, 0) is 32.0 Å². The molecule has 1 aromatic carbocycles. The predicted octanol–water partition coefficient (Wildman–Crippen LogP) is 3.02. The van der Waals surface area contributed by atoms with Crippen LogP contribution in [0.2, 0.25) is 0 Å². The number of hydrogen-bond donors (Lipinski definition) is 2. The number of nitrogens with one attached hydrogen (secondary N) is 1. The Morgan fingerprint density at radius 3 is 2.59 bits per heavy atom. The highest BCUT2D eigenvalue weighted by Crippen LogP contribution is 2.19. The topological polar surface area (TPSA) is 45.1 Å². The van der Waals surface area contributed by atoms with Gasteiger partial charge in [0.2, 0.25) is 0 Å². The van der Waals surface area contributed by atoms with Crippen LogP contribution >= 0.6 is 0 Å². The van der Waals surface area contributed by atoms with E-state index in [9.17, 15) is 5.11 Å². The number of pyridine rings is 1. The van der Waals surface area contributed by atoms with E-state index >= 15 is 0 Å². The summed E-state index contributed by atoms with van der Waals surface area (Å²) in [6.45, 7) is 4.54. The first-order chi connectivity index (χ1) is 8.16. The van der Waals surface area contributed by atoms with Gasteiger partial charge in [-0.15, -0.1) is 0 Å². The Morgan fingerprint density at radius 1 is 1.12 bits per heavy atom. The van der Waals surface area contributed by atoms with E-state index in [1.54, 1.807) is 6.07 Å². The van der Waals surface area contributed by atoms with Crippen molar-refractivity contribution in [3.63, 3.8) is 0 Å². The van der Waals surface area contributed by atoms with Gasteiger partial charge in [-0.25, -0.2) is 0 Å². The number of aromatic nitrogens is 1. The van der Waals surface area contributed by atoms with Crippen LogP contribution in [0, 0.1) is 13.8 Å². The Balaban J connectivity index is 2.10. The van der Waals surface area contributed by atoms with Crippen LogP contribution in [0.3, 0.4) is 0 Å². The van der Waals surface area contributed by atoms with Gasteiger partial charge < -0.3 is 10.4 Å². The van der Waals surface area contributed by atoms with Gasteiger partial charge in [0.05, 0.1) is 11.4 Å². The summed E-state index contributed by atoms with van der Waals surface area (Å²) in [6.07, 6.45) is 0. The van der Waals surface area contributed by atoms with Crippen molar-refractivity contribution in [1.29, 1.82) is 0 Å². The van der Waals surface area contributed by atoms with Crippen molar-refractivity contribution >= 4 is 5.69 Å². The Labute approximate surface area is 101 Å². The van der Waals surface area contributed by atoms with Crippen LogP contribution in [-0.4, -0.2) is 10.1 Å². The molecule has 1 aromatic heterocycles. The molecule has 0 saturated carbocycles. The highest BCUT2D eigenvalue weighted by atomic mass is 16.3. The Kier molecular flexibility index (Phi) is 3.28. The first kappa shape index (κ1) is 11.5. The van der Waals surface area contributed by atoms with Crippen LogP contribution in [0.5, 0.6) is 5.75 Å². The molecule has 0 spiro atoms. The molecule has 88 valence electrons. The summed E-state index contributed by atoms with van der Waals surface area (Å²) in [5.74, 6) is 0.317. The van der Waals surface area contributed by atoms with E-state index in [1.165, 1.54) is 0 Å². The number of para-hydroxylation sites is 1. The fourth-order valence-corrected chi connectivity index (χ4v) is 1.72. The second-order valence-electron chi connectivity index (χ2n) is 4.07. The Morgan fingerprint density at radius 2 is 1.88 bits per heavy atom. The number of nitrogens with zero attached hydrogens (tertiary/aromatic N) is 1. The van der Waals surface area contributed by atoms with Gasteiger partial charge in [-0.2, -0.15) is 0 Å². The van der Waals surface area contributed by atoms with E-state index in [2.05, 4.69) is 10.3 Å². The Bertz CT molecular complexity index is 523. The molecule has 2 rings (SSSR count). The summed E-state index contributed by atoms with van der Waals surface area (Å²) in [5.41, 5.74) is 3.86. The van der Waals surface area contributed by atoms with Crippen LogP contribution < -0.4 is 5.32 Å². The summed E-state index contributed by atoms with van der Waals surface area (Å²) in [4.78, 5) is 4.38. The lowest BCUT2D eigenvalue weighted by molar-refractivity contribution is 0.469. The van der Waals surface area contributed by atoms with Gasteiger partial charge >= 0.3 is 0 Å². The maximum absolute atomic E-state index is 9.65. The molecule has 0 saturated heterocycles. The summed E-state index contributed by atoms with van der Waals surface area (Å²) in [7, 11) is 0. The minimum atomic E-state index is 0.317. The molecule has 1 heterocycles. The SMILES string of the molecule is Cc1ccc(NCc2ccccc2O)c(C)n1. The number of hydrogen-bond acceptors (Lipinski definition) is 3. The number of aromatic hydroxyl groups is 1. The number of rotatable bonds is 3. The monoisotopic (exact) mass is 228 g/mol. The van der Waals surface area contributed by atoms with E-state index in [-0.39, 0.29) is 0 Å². The highest BCUT2D eigenvalue weighted by Gasteiger charge is 2.02. The number of benzene rings is 1. The standard InChI is InChI=1S/C14H16N2O/c1-10-7-8-13(11(2)16-10)15-9-12-5-3-4-6-14(12)17/h3-8,15,17H,9H2,1-2H3. The predicted molar refractivity (Wildman–Crippen MR) is 69.1 cm³/mol. The smallest absolute Gasteiger partial charge is 0.120 e. The summed E-state index contributed by atoms with van der Waals surface area (Å²) < 4.78 is 0. The summed E-state index contributed by atoms with van der Waals surface area (Å²) in [6, 6.07) is 11.3.